The van der Waals surface area contributed by atoms with E-state index in [1.165, 1.54) is 11.8 Å². The van der Waals surface area contributed by atoms with Crippen molar-refractivity contribution in [3.05, 3.63) is 0 Å². The Hall–Kier alpha value is -1.16. The van der Waals surface area contributed by atoms with Crippen LogP contribution in [-0.4, -0.2) is 69.3 Å². The van der Waals surface area contributed by atoms with E-state index in [2.05, 4.69) is 39.9 Å². The molecule has 42 heavy (non-hydrogen) atoms. The molecule has 240 valence electrons. The van der Waals surface area contributed by atoms with E-state index in [0.29, 0.717) is 32.1 Å². The number of nitrogens with two attached hydrogens (primary N) is 1. The summed E-state index contributed by atoms with van der Waals surface area (Å²) >= 11 is 1.38. The first kappa shape index (κ1) is 33.7. The van der Waals surface area contributed by atoms with E-state index in [1.54, 1.807) is 0 Å². The Kier molecular flexibility index (Phi) is 10.2. The van der Waals surface area contributed by atoms with Crippen molar-refractivity contribution in [1.82, 2.24) is 5.32 Å². The van der Waals surface area contributed by atoms with Gasteiger partial charge in [0.05, 0.1) is 24.0 Å². The van der Waals surface area contributed by atoms with Crippen LogP contribution in [0, 0.1) is 39.9 Å². The Balaban J connectivity index is 1.50. The SMILES string of the molecule is CC[C@]1(C)C[C@@H](OC(=O)CS[C@H]2C[C@@H](NC(=O)[C@@H](N)C(C)C)CC[C@H]2O)[C@]2(C)C(C)CCC3(CCC(=O)[C@H]32)[C@@H](C)[C@@H]1O. The molecule has 0 aromatic carbocycles. The number of carbonyl (C=O) groups excluding carboxylic acids is 3. The summed E-state index contributed by atoms with van der Waals surface area (Å²) in [4.78, 5) is 39.7. The van der Waals surface area contributed by atoms with Gasteiger partial charge in [-0.2, -0.15) is 0 Å². The summed E-state index contributed by atoms with van der Waals surface area (Å²) < 4.78 is 6.40. The lowest BCUT2D eigenvalue weighted by Gasteiger charge is -2.62. The summed E-state index contributed by atoms with van der Waals surface area (Å²) in [7, 11) is 0. The molecule has 2 bridgehead atoms. The van der Waals surface area contributed by atoms with Gasteiger partial charge in [-0.3, -0.25) is 14.4 Å². The number of aliphatic hydroxyl groups is 2. The second-order valence-corrected chi connectivity index (χ2v) is 16.3. The minimum absolute atomic E-state index is 0.00533. The van der Waals surface area contributed by atoms with E-state index in [0.717, 1.165) is 25.7 Å². The topological polar surface area (TPSA) is 139 Å². The molecule has 4 fully saturated rings. The second-order valence-electron chi connectivity index (χ2n) is 15.1. The number of amides is 1. The number of thioether (sulfide) groups is 1. The Morgan fingerprint density at radius 1 is 1.14 bits per heavy atom. The van der Waals surface area contributed by atoms with Crippen LogP contribution in [0.25, 0.3) is 0 Å². The molecule has 0 aliphatic heterocycles. The molecule has 4 rings (SSSR count). The molecule has 4 aliphatic rings. The summed E-state index contributed by atoms with van der Waals surface area (Å²) in [5.41, 5.74) is 4.81. The number of Topliss-reactive ketones (excluding diaryl/α,β-unsaturated/α-hetero) is 1. The first-order valence-corrected chi connectivity index (χ1v) is 17.4. The van der Waals surface area contributed by atoms with E-state index >= 15 is 0 Å². The summed E-state index contributed by atoms with van der Waals surface area (Å²) in [6.07, 6.45) is 4.61. The van der Waals surface area contributed by atoms with Crippen LogP contribution >= 0.6 is 11.8 Å². The van der Waals surface area contributed by atoms with E-state index in [4.69, 9.17) is 10.5 Å². The molecule has 4 aliphatic carbocycles. The number of carbonyl (C=O) groups is 3. The fraction of sp³-hybridized carbons (Fsp3) is 0.909. The lowest BCUT2D eigenvalue weighted by molar-refractivity contribution is -0.211. The summed E-state index contributed by atoms with van der Waals surface area (Å²) in [5, 5.41) is 25.3. The molecule has 0 aromatic rings. The van der Waals surface area contributed by atoms with Crippen LogP contribution in [0.1, 0.15) is 106 Å². The molecule has 0 aromatic heterocycles. The highest BCUT2D eigenvalue weighted by molar-refractivity contribution is 8.00. The molecule has 8 nitrogen and oxygen atoms in total. The highest BCUT2D eigenvalue weighted by Crippen LogP contribution is 2.68. The maximum absolute atomic E-state index is 13.6. The Morgan fingerprint density at radius 2 is 1.83 bits per heavy atom. The van der Waals surface area contributed by atoms with Crippen molar-refractivity contribution < 1.29 is 29.3 Å². The number of nitrogens with one attached hydrogen (secondary N) is 1. The average Bonchev–Trinajstić information content (AvgIpc) is 3.31. The van der Waals surface area contributed by atoms with E-state index in [9.17, 15) is 24.6 Å². The number of hydrogen-bond acceptors (Lipinski definition) is 8. The molecule has 0 radical (unpaired) electrons. The van der Waals surface area contributed by atoms with Gasteiger partial charge >= 0.3 is 5.97 Å². The monoisotopic (exact) mass is 608 g/mol. The Bertz CT molecular complexity index is 1020. The van der Waals surface area contributed by atoms with Gasteiger partial charge in [-0.25, -0.2) is 0 Å². The molecular formula is C33H56N2O6S. The van der Waals surface area contributed by atoms with Crippen LogP contribution in [-0.2, 0) is 19.1 Å². The van der Waals surface area contributed by atoms with E-state index < -0.39 is 35.2 Å². The fourth-order valence-corrected chi connectivity index (χ4v) is 10.2. The number of ketones is 1. The minimum atomic E-state index is -0.585. The zero-order chi connectivity index (χ0) is 31.2. The largest absolute Gasteiger partial charge is 0.461 e. The maximum Gasteiger partial charge on any atom is 0.316 e. The quantitative estimate of drug-likeness (QED) is 0.300. The van der Waals surface area contributed by atoms with Crippen LogP contribution in [0.15, 0.2) is 0 Å². The molecule has 9 heteroatoms. The zero-order valence-corrected chi connectivity index (χ0v) is 27.7. The van der Waals surface area contributed by atoms with Crippen molar-refractivity contribution in [2.24, 2.45) is 45.7 Å². The van der Waals surface area contributed by atoms with E-state index in [-0.39, 0.29) is 63.8 Å². The van der Waals surface area contributed by atoms with Gasteiger partial charge in [0.1, 0.15) is 11.9 Å². The third kappa shape index (κ3) is 5.93. The molecule has 4 saturated carbocycles. The molecule has 0 saturated heterocycles. The summed E-state index contributed by atoms with van der Waals surface area (Å²) in [6, 6.07) is -0.673. The van der Waals surface area contributed by atoms with Crippen molar-refractivity contribution in [2.45, 2.75) is 142 Å². The Morgan fingerprint density at radius 3 is 2.48 bits per heavy atom. The van der Waals surface area contributed by atoms with Gasteiger partial charge in [-0.15, -0.1) is 11.8 Å². The van der Waals surface area contributed by atoms with Crippen LogP contribution in [0.4, 0.5) is 0 Å². The lowest BCUT2D eigenvalue weighted by atomic mass is 9.43. The van der Waals surface area contributed by atoms with Gasteiger partial charge in [0.25, 0.3) is 0 Å². The van der Waals surface area contributed by atoms with E-state index in [1.807, 2.05) is 13.8 Å². The zero-order valence-electron chi connectivity index (χ0n) is 26.9. The first-order valence-electron chi connectivity index (χ1n) is 16.4. The van der Waals surface area contributed by atoms with Crippen molar-refractivity contribution in [1.29, 1.82) is 0 Å². The van der Waals surface area contributed by atoms with Crippen molar-refractivity contribution in [3.8, 4) is 0 Å². The van der Waals surface area contributed by atoms with Crippen molar-refractivity contribution >= 4 is 29.4 Å². The van der Waals surface area contributed by atoms with Gasteiger partial charge in [-0.1, -0.05) is 48.5 Å². The van der Waals surface area contributed by atoms with Crippen LogP contribution in [0.3, 0.4) is 0 Å². The van der Waals surface area contributed by atoms with Gasteiger partial charge < -0.3 is 26.0 Å². The maximum atomic E-state index is 13.6. The van der Waals surface area contributed by atoms with Gasteiger partial charge in [0.2, 0.25) is 5.91 Å². The second kappa shape index (κ2) is 12.7. The smallest absolute Gasteiger partial charge is 0.316 e. The number of rotatable bonds is 8. The highest BCUT2D eigenvalue weighted by Gasteiger charge is 2.68. The Labute approximate surface area is 257 Å². The van der Waals surface area contributed by atoms with Crippen molar-refractivity contribution in [3.63, 3.8) is 0 Å². The fourth-order valence-electron chi connectivity index (χ4n) is 9.10. The van der Waals surface area contributed by atoms with Crippen molar-refractivity contribution in [2.75, 3.05) is 5.75 Å². The number of hydrogen-bond donors (Lipinski definition) is 4. The molecule has 0 heterocycles. The standard InChI is InChI=1S/C33H56N2O6S/c1-8-31(6)16-25(32(7)19(4)11-13-33(20(5)29(31)39)14-12-23(37)28(32)33)41-26(38)17-42-24-15-21(9-10-22(24)36)35-30(40)27(34)18(2)3/h18-22,24-25,27-29,36,39H,8-17,34H2,1-7H3,(H,35,40)/t19?,20-,21-,22+,24-,25+,27-,28-,29-,31+,32-,33?/m0/s1. The molecule has 0 spiro atoms. The van der Waals surface area contributed by atoms with Crippen LogP contribution in [0.2, 0.25) is 0 Å². The summed E-state index contributed by atoms with van der Waals surface area (Å²) in [6.45, 7) is 14.5. The van der Waals surface area contributed by atoms with Gasteiger partial charge in [-0.05, 0) is 80.0 Å². The predicted octanol–water partition coefficient (Wildman–Crippen LogP) is 4.23. The molecule has 2 unspecified atom stereocenters. The minimum Gasteiger partial charge on any atom is -0.461 e. The lowest BCUT2D eigenvalue weighted by Crippen LogP contribution is -2.63. The third-order valence-electron chi connectivity index (χ3n) is 12.5. The van der Waals surface area contributed by atoms with Gasteiger partial charge in [0, 0.05) is 29.0 Å². The third-order valence-corrected chi connectivity index (χ3v) is 13.9. The molecule has 1 amide bonds. The normalized spacial score (nSPS) is 44.6. The molecule has 5 N–H and O–H groups in total. The average molecular weight is 609 g/mol. The van der Waals surface area contributed by atoms with Crippen LogP contribution in [0.5, 0.6) is 0 Å². The highest BCUT2D eigenvalue weighted by atomic mass is 32.2. The van der Waals surface area contributed by atoms with Crippen LogP contribution < -0.4 is 11.1 Å². The molecule has 12 atom stereocenters. The van der Waals surface area contributed by atoms with Gasteiger partial charge in [0.15, 0.2) is 0 Å². The predicted molar refractivity (Wildman–Crippen MR) is 166 cm³/mol. The number of aliphatic hydroxyl groups excluding tert-OH is 2. The first-order chi connectivity index (χ1) is 19.6. The molecular weight excluding hydrogens is 552 g/mol. The number of ether oxygens (including phenoxy) is 1. The summed E-state index contributed by atoms with van der Waals surface area (Å²) in [5.74, 6) is -0.183. The number of esters is 1.